The van der Waals surface area contributed by atoms with Gasteiger partial charge in [0.2, 0.25) is 6.29 Å². The van der Waals surface area contributed by atoms with E-state index in [9.17, 15) is 9.59 Å². The van der Waals surface area contributed by atoms with E-state index in [0.717, 1.165) is 0 Å². The predicted molar refractivity (Wildman–Crippen MR) is 51.4 cm³/mol. The average molecular weight is 202 g/mol. The molecule has 0 heterocycles. The van der Waals surface area contributed by atoms with E-state index in [1.165, 1.54) is 13.8 Å². The first-order valence-electron chi connectivity index (χ1n) is 4.55. The molecular weight excluding hydrogens is 184 g/mol. The van der Waals surface area contributed by atoms with Crippen LogP contribution in [0.2, 0.25) is 0 Å². The van der Waals surface area contributed by atoms with Crippen LogP contribution in [0.25, 0.3) is 0 Å². The summed E-state index contributed by atoms with van der Waals surface area (Å²) in [7, 11) is 0. The summed E-state index contributed by atoms with van der Waals surface area (Å²) in [5.74, 6) is -0.888. The summed E-state index contributed by atoms with van der Waals surface area (Å²) in [5.41, 5.74) is -0.0600. The lowest BCUT2D eigenvalue weighted by Gasteiger charge is -2.24. The quantitative estimate of drug-likeness (QED) is 0.518. The van der Waals surface area contributed by atoms with Crippen molar-refractivity contribution in [3.63, 3.8) is 0 Å². The molecule has 0 atom stereocenters. The molecular formula is C10H18O4. The molecule has 0 aliphatic rings. The summed E-state index contributed by atoms with van der Waals surface area (Å²) in [6.45, 7) is 8.52. The van der Waals surface area contributed by atoms with Crippen molar-refractivity contribution in [3.8, 4) is 0 Å². The van der Waals surface area contributed by atoms with Gasteiger partial charge in [0, 0.05) is 20.3 Å². The van der Waals surface area contributed by atoms with E-state index in [1.54, 1.807) is 0 Å². The molecule has 0 aromatic rings. The Morgan fingerprint density at radius 1 is 1.07 bits per heavy atom. The van der Waals surface area contributed by atoms with Gasteiger partial charge in [-0.1, -0.05) is 20.8 Å². The molecule has 0 N–H and O–H groups in total. The van der Waals surface area contributed by atoms with Gasteiger partial charge in [0.15, 0.2) is 0 Å². The summed E-state index contributed by atoms with van der Waals surface area (Å²) in [5, 5.41) is 0. The van der Waals surface area contributed by atoms with Crippen molar-refractivity contribution in [1.29, 1.82) is 0 Å². The lowest BCUT2D eigenvalue weighted by atomic mass is 9.92. The Kier molecular flexibility index (Phi) is 4.60. The largest absolute Gasteiger partial charge is 0.425 e. The zero-order valence-corrected chi connectivity index (χ0v) is 9.42. The molecule has 0 saturated carbocycles. The number of rotatable bonds is 3. The van der Waals surface area contributed by atoms with Gasteiger partial charge in [-0.25, -0.2) is 0 Å². The third-order valence-corrected chi connectivity index (χ3v) is 1.37. The predicted octanol–water partition coefficient (Wildman–Crippen LogP) is 1.87. The fraction of sp³-hybridized carbons (Fsp3) is 0.800. The molecule has 0 amide bonds. The summed E-state index contributed by atoms with van der Waals surface area (Å²) in [6.07, 6.45) is -0.281. The summed E-state index contributed by atoms with van der Waals surface area (Å²) < 4.78 is 9.71. The SMILES string of the molecule is CC(=O)OC(CC(C)(C)C)OC(C)=O. The van der Waals surface area contributed by atoms with Crippen molar-refractivity contribution >= 4 is 11.9 Å². The molecule has 0 aliphatic carbocycles. The Bertz CT molecular complexity index is 199. The van der Waals surface area contributed by atoms with Crippen LogP contribution in [0.4, 0.5) is 0 Å². The summed E-state index contributed by atoms with van der Waals surface area (Å²) in [4.78, 5) is 21.4. The maximum absolute atomic E-state index is 10.7. The monoisotopic (exact) mass is 202 g/mol. The van der Waals surface area contributed by atoms with Crippen LogP contribution in [0, 0.1) is 5.41 Å². The summed E-state index contributed by atoms with van der Waals surface area (Å²) in [6, 6.07) is 0. The second-order valence-corrected chi connectivity index (χ2v) is 4.41. The molecule has 0 aromatic heterocycles. The minimum Gasteiger partial charge on any atom is -0.425 e. The van der Waals surface area contributed by atoms with E-state index in [-0.39, 0.29) is 5.41 Å². The molecule has 0 aromatic carbocycles. The number of hydrogen-bond donors (Lipinski definition) is 0. The molecule has 4 heteroatoms. The third-order valence-electron chi connectivity index (χ3n) is 1.37. The number of esters is 2. The topological polar surface area (TPSA) is 52.6 Å². The first-order chi connectivity index (χ1) is 6.20. The molecule has 0 unspecified atom stereocenters. The van der Waals surface area contributed by atoms with Crippen LogP contribution >= 0.6 is 0 Å². The highest BCUT2D eigenvalue weighted by Crippen LogP contribution is 2.23. The lowest BCUT2D eigenvalue weighted by Crippen LogP contribution is -2.27. The van der Waals surface area contributed by atoms with Gasteiger partial charge in [0.1, 0.15) is 0 Å². The van der Waals surface area contributed by atoms with Crippen molar-refractivity contribution in [3.05, 3.63) is 0 Å². The van der Waals surface area contributed by atoms with E-state index >= 15 is 0 Å². The fourth-order valence-electron chi connectivity index (χ4n) is 0.978. The molecule has 0 rings (SSSR count). The Morgan fingerprint density at radius 3 is 1.64 bits per heavy atom. The van der Waals surface area contributed by atoms with E-state index in [1.807, 2.05) is 20.8 Å². The molecule has 0 saturated heterocycles. The number of ether oxygens (including phenoxy) is 2. The van der Waals surface area contributed by atoms with E-state index < -0.39 is 18.2 Å². The molecule has 0 aliphatic heterocycles. The zero-order chi connectivity index (χ0) is 11.4. The van der Waals surface area contributed by atoms with Gasteiger partial charge in [-0.3, -0.25) is 9.59 Å². The Labute approximate surface area is 84.6 Å². The van der Waals surface area contributed by atoms with E-state index in [2.05, 4.69) is 0 Å². The second-order valence-electron chi connectivity index (χ2n) is 4.41. The van der Waals surface area contributed by atoms with Crippen LogP contribution in [0.5, 0.6) is 0 Å². The van der Waals surface area contributed by atoms with Crippen LogP contribution in [0.15, 0.2) is 0 Å². The van der Waals surface area contributed by atoms with Crippen molar-refractivity contribution < 1.29 is 19.1 Å². The van der Waals surface area contributed by atoms with Crippen LogP contribution in [-0.2, 0) is 19.1 Å². The lowest BCUT2D eigenvalue weighted by molar-refractivity contribution is -0.189. The van der Waals surface area contributed by atoms with Gasteiger partial charge in [-0.2, -0.15) is 0 Å². The van der Waals surface area contributed by atoms with Crippen molar-refractivity contribution in [2.24, 2.45) is 5.41 Å². The van der Waals surface area contributed by atoms with Crippen LogP contribution in [-0.4, -0.2) is 18.2 Å². The smallest absolute Gasteiger partial charge is 0.305 e. The minimum absolute atomic E-state index is 0.0600. The van der Waals surface area contributed by atoms with Crippen molar-refractivity contribution in [2.75, 3.05) is 0 Å². The Balaban J connectivity index is 4.24. The first kappa shape index (κ1) is 12.9. The summed E-state index contributed by atoms with van der Waals surface area (Å²) >= 11 is 0. The highest BCUT2D eigenvalue weighted by Gasteiger charge is 2.23. The molecule has 0 radical (unpaired) electrons. The number of carbonyl (C=O) groups is 2. The third kappa shape index (κ3) is 7.58. The van der Waals surface area contributed by atoms with Gasteiger partial charge in [0.25, 0.3) is 0 Å². The van der Waals surface area contributed by atoms with Gasteiger partial charge in [-0.15, -0.1) is 0 Å². The Hall–Kier alpha value is -1.06. The Morgan fingerprint density at radius 2 is 1.43 bits per heavy atom. The highest BCUT2D eigenvalue weighted by molar-refractivity contribution is 5.68. The van der Waals surface area contributed by atoms with Gasteiger partial charge in [0.05, 0.1) is 0 Å². The molecule has 0 fully saturated rings. The normalized spacial score (nSPS) is 11.3. The van der Waals surface area contributed by atoms with Crippen molar-refractivity contribution in [1.82, 2.24) is 0 Å². The maximum atomic E-state index is 10.7. The standard InChI is InChI=1S/C10H18O4/c1-7(11)13-9(14-8(2)12)6-10(3,4)5/h9H,6H2,1-5H3. The second kappa shape index (κ2) is 4.98. The average Bonchev–Trinajstić information content (AvgIpc) is 1.77. The zero-order valence-electron chi connectivity index (χ0n) is 9.42. The molecule has 0 spiro atoms. The van der Waals surface area contributed by atoms with Crippen molar-refractivity contribution in [2.45, 2.75) is 47.3 Å². The highest BCUT2D eigenvalue weighted by atomic mass is 16.7. The van der Waals surface area contributed by atoms with Gasteiger partial charge >= 0.3 is 11.9 Å². The minimum atomic E-state index is -0.773. The molecule has 0 bridgehead atoms. The maximum Gasteiger partial charge on any atom is 0.305 e. The van der Waals surface area contributed by atoms with Crippen LogP contribution < -0.4 is 0 Å². The molecule has 4 nitrogen and oxygen atoms in total. The first-order valence-corrected chi connectivity index (χ1v) is 4.55. The van der Waals surface area contributed by atoms with E-state index in [4.69, 9.17) is 9.47 Å². The number of carbonyl (C=O) groups excluding carboxylic acids is 2. The van der Waals surface area contributed by atoms with Crippen LogP contribution in [0.3, 0.4) is 0 Å². The number of hydrogen-bond acceptors (Lipinski definition) is 4. The fourth-order valence-corrected chi connectivity index (χ4v) is 0.978. The van der Waals surface area contributed by atoms with Gasteiger partial charge < -0.3 is 9.47 Å². The molecule has 82 valence electrons. The van der Waals surface area contributed by atoms with Gasteiger partial charge in [-0.05, 0) is 5.41 Å². The van der Waals surface area contributed by atoms with Crippen LogP contribution in [0.1, 0.15) is 41.0 Å². The molecule has 14 heavy (non-hydrogen) atoms. The van der Waals surface area contributed by atoms with E-state index in [0.29, 0.717) is 6.42 Å².